The SMILES string of the molecule is C/C(=C\COC(=O)C(C)(C)C)CC/C(C)=C/Cc1c(O)c(C=O)c(C)c(Cl)c1N=O. The molecule has 0 saturated heterocycles. The van der Waals surface area contributed by atoms with Gasteiger partial charge in [-0.05, 0) is 77.6 Å². The molecule has 164 valence electrons. The number of phenols is 1. The summed E-state index contributed by atoms with van der Waals surface area (Å²) >= 11 is 6.14. The third-order valence-electron chi connectivity index (χ3n) is 4.80. The van der Waals surface area contributed by atoms with Gasteiger partial charge < -0.3 is 9.84 Å². The molecule has 30 heavy (non-hydrogen) atoms. The highest BCUT2D eigenvalue weighted by molar-refractivity contribution is 6.34. The Balaban J connectivity index is 2.80. The van der Waals surface area contributed by atoms with Gasteiger partial charge in [0.1, 0.15) is 18.0 Å². The molecule has 0 unspecified atom stereocenters. The molecule has 0 amide bonds. The zero-order valence-electron chi connectivity index (χ0n) is 18.5. The van der Waals surface area contributed by atoms with Gasteiger partial charge in [-0.2, -0.15) is 0 Å². The molecule has 0 heterocycles. The number of ether oxygens (including phenoxy) is 1. The van der Waals surface area contributed by atoms with Crippen molar-refractivity contribution in [1.29, 1.82) is 0 Å². The van der Waals surface area contributed by atoms with Crippen molar-refractivity contribution in [2.75, 3.05) is 6.61 Å². The number of aromatic hydroxyl groups is 1. The van der Waals surface area contributed by atoms with Gasteiger partial charge in [0.2, 0.25) is 0 Å². The van der Waals surface area contributed by atoms with Gasteiger partial charge >= 0.3 is 5.97 Å². The molecule has 0 aliphatic rings. The van der Waals surface area contributed by atoms with Crippen molar-refractivity contribution < 1.29 is 19.4 Å². The number of hydrogen-bond acceptors (Lipinski definition) is 6. The standard InChI is InChI=1S/C23H30ClNO5/c1-14(7-8-15(2)11-12-30-22(28)23(4,5)6)9-10-17-20(25-29)19(24)16(3)18(13-26)21(17)27/h9,11,13,27H,7-8,10,12H2,1-6H3/b14-9+,15-11+. The molecule has 1 aromatic carbocycles. The van der Waals surface area contributed by atoms with Crippen molar-refractivity contribution in [2.45, 2.75) is 60.8 Å². The van der Waals surface area contributed by atoms with Crippen LogP contribution in [-0.2, 0) is 16.0 Å². The summed E-state index contributed by atoms with van der Waals surface area (Å²) in [5, 5.41) is 13.4. The number of benzene rings is 1. The minimum atomic E-state index is -0.523. The minimum Gasteiger partial charge on any atom is -0.507 e. The molecule has 0 aromatic heterocycles. The summed E-state index contributed by atoms with van der Waals surface area (Å²) in [7, 11) is 0. The van der Waals surface area contributed by atoms with Gasteiger partial charge in [0.05, 0.1) is 16.0 Å². The first-order valence-corrected chi connectivity index (χ1v) is 10.1. The first-order valence-electron chi connectivity index (χ1n) is 9.74. The minimum absolute atomic E-state index is 0.0435. The summed E-state index contributed by atoms with van der Waals surface area (Å²) in [4.78, 5) is 34.3. The van der Waals surface area contributed by atoms with E-state index in [4.69, 9.17) is 16.3 Å². The fourth-order valence-electron chi connectivity index (χ4n) is 2.66. The van der Waals surface area contributed by atoms with Crippen LogP contribution in [0.4, 0.5) is 5.69 Å². The maximum Gasteiger partial charge on any atom is 0.311 e. The molecule has 0 aliphatic carbocycles. The predicted octanol–water partition coefficient (Wildman–Crippen LogP) is 6.37. The summed E-state index contributed by atoms with van der Waals surface area (Å²) in [6.07, 6.45) is 6.02. The zero-order valence-corrected chi connectivity index (χ0v) is 19.2. The molecule has 7 heteroatoms. The molecule has 0 spiro atoms. The summed E-state index contributed by atoms with van der Waals surface area (Å²) in [6, 6.07) is 0. The molecule has 1 aromatic rings. The topological polar surface area (TPSA) is 93.0 Å². The molecule has 1 rings (SSSR count). The largest absolute Gasteiger partial charge is 0.507 e. The Morgan fingerprint density at radius 2 is 1.73 bits per heavy atom. The third kappa shape index (κ3) is 6.80. The van der Waals surface area contributed by atoms with E-state index in [-0.39, 0.29) is 46.6 Å². The molecule has 0 fully saturated rings. The summed E-state index contributed by atoms with van der Waals surface area (Å²) in [5.41, 5.74) is 2.19. The normalized spacial score (nSPS) is 12.6. The zero-order chi connectivity index (χ0) is 23.1. The van der Waals surface area contributed by atoms with Gasteiger partial charge in [-0.15, -0.1) is 4.91 Å². The second kappa shape index (κ2) is 11.1. The molecule has 0 saturated carbocycles. The highest BCUT2D eigenvalue weighted by Gasteiger charge is 2.22. The van der Waals surface area contributed by atoms with Crippen LogP contribution in [0.15, 0.2) is 28.5 Å². The number of nitroso groups, excluding NO2 is 1. The van der Waals surface area contributed by atoms with Crippen molar-refractivity contribution in [1.82, 2.24) is 0 Å². The van der Waals surface area contributed by atoms with Crippen molar-refractivity contribution in [3.63, 3.8) is 0 Å². The lowest BCUT2D eigenvalue weighted by Crippen LogP contribution is -2.22. The molecular weight excluding hydrogens is 406 g/mol. The van der Waals surface area contributed by atoms with E-state index >= 15 is 0 Å². The molecule has 0 bridgehead atoms. The molecule has 0 atom stereocenters. The molecule has 1 N–H and O–H groups in total. The fraction of sp³-hybridized carbons (Fsp3) is 0.478. The van der Waals surface area contributed by atoms with E-state index in [0.29, 0.717) is 11.8 Å². The lowest BCUT2D eigenvalue weighted by molar-refractivity contribution is -0.151. The fourth-order valence-corrected chi connectivity index (χ4v) is 2.91. The number of rotatable bonds is 9. The van der Waals surface area contributed by atoms with E-state index in [9.17, 15) is 19.6 Å². The number of carbonyl (C=O) groups excluding carboxylic acids is 2. The van der Waals surface area contributed by atoms with Crippen LogP contribution in [0.5, 0.6) is 5.75 Å². The summed E-state index contributed by atoms with van der Waals surface area (Å²) in [6.45, 7) is 11.1. The average molecular weight is 436 g/mol. The maximum absolute atomic E-state index is 11.8. The Morgan fingerprint density at radius 1 is 1.17 bits per heavy atom. The Labute approximate surface area is 182 Å². The Morgan fingerprint density at radius 3 is 2.23 bits per heavy atom. The van der Waals surface area contributed by atoms with Crippen LogP contribution in [0.25, 0.3) is 0 Å². The van der Waals surface area contributed by atoms with E-state index in [1.807, 2.05) is 46.8 Å². The van der Waals surface area contributed by atoms with Gasteiger partial charge in [0, 0.05) is 5.56 Å². The quantitative estimate of drug-likeness (QED) is 0.210. The van der Waals surface area contributed by atoms with Crippen molar-refractivity contribution in [3.05, 3.63) is 49.9 Å². The molecule has 6 nitrogen and oxygen atoms in total. The number of hydrogen-bond donors (Lipinski definition) is 1. The second-order valence-corrected chi connectivity index (χ2v) is 8.77. The smallest absolute Gasteiger partial charge is 0.311 e. The molecule has 0 aliphatic heterocycles. The number of aldehydes is 1. The van der Waals surface area contributed by atoms with Crippen LogP contribution in [-0.4, -0.2) is 24.0 Å². The van der Waals surface area contributed by atoms with Crippen LogP contribution in [0, 0.1) is 17.2 Å². The number of phenolic OH excluding ortho intramolecular Hbond substituents is 1. The molecule has 0 radical (unpaired) electrons. The monoisotopic (exact) mass is 435 g/mol. The van der Waals surface area contributed by atoms with Crippen molar-refractivity contribution in [3.8, 4) is 5.75 Å². The van der Waals surface area contributed by atoms with Gasteiger partial charge in [-0.25, -0.2) is 0 Å². The van der Waals surface area contributed by atoms with E-state index < -0.39 is 5.41 Å². The van der Waals surface area contributed by atoms with E-state index in [1.165, 1.54) is 0 Å². The third-order valence-corrected chi connectivity index (χ3v) is 5.27. The number of esters is 1. The van der Waals surface area contributed by atoms with Gasteiger partial charge in [0.25, 0.3) is 0 Å². The maximum atomic E-state index is 11.8. The Hall–Kier alpha value is -2.47. The number of nitrogens with zero attached hydrogens (tertiary/aromatic N) is 1. The highest BCUT2D eigenvalue weighted by Crippen LogP contribution is 2.41. The lowest BCUT2D eigenvalue weighted by atomic mass is 9.97. The van der Waals surface area contributed by atoms with Crippen LogP contribution in [0.2, 0.25) is 5.02 Å². The van der Waals surface area contributed by atoms with Crippen LogP contribution in [0.1, 0.15) is 68.9 Å². The average Bonchev–Trinajstić information content (AvgIpc) is 2.67. The van der Waals surface area contributed by atoms with Crippen LogP contribution < -0.4 is 0 Å². The molecular formula is C23H30ClNO5. The van der Waals surface area contributed by atoms with Crippen molar-refractivity contribution >= 4 is 29.5 Å². The number of halogens is 1. The predicted molar refractivity (Wildman–Crippen MR) is 120 cm³/mol. The van der Waals surface area contributed by atoms with E-state index in [1.54, 1.807) is 6.92 Å². The van der Waals surface area contributed by atoms with E-state index in [0.717, 1.165) is 24.0 Å². The Kier molecular flexibility index (Phi) is 9.43. The lowest BCUT2D eigenvalue weighted by Gasteiger charge is -2.15. The number of allylic oxidation sites excluding steroid dienone is 3. The first-order chi connectivity index (χ1) is 13.9. The van der Waals surface area contributed by atoms with Gasteiger partial charge in [0.15, 0.2) is 6.29 Å². The summed E-state index contributed by atoms with van der Waals surface area (Å²) in [5.74, 6) is -0.504. The van der Waals surface area contributed by atoms with Crippen LogP contribution >= 0.6 is 11.6 Å². The highest BCUT2D eigenvalue weighted by atomic mass is 35.5. The Bertz CT molecular complexity index is 879. The van der Waals surface area contributed by atoms with Gasteiger partial charge in [-0.3, -0.25) is 9.59 Å². The number of carbonyl (C=O) groups is 2. The van der Waals surface area contributed by atoms with Crippen LogP contribution in [0.3, 0.4) is 0 Å². The van der Waals surface area contributed by atoms with Crippen molar-refractivity contribution in [2.24, 2.45) is 10.6 Å². The summed E-state index contributed by atoms with van der Waals surface area (Å²) < 4.78 is 5.23. The first kappa shape index (κ1) is 25.6. The van der Waals surface area contributed by atoms with E-state index in [2.05, 4.69) is 5.18 Å². The second-order valence-electron chi connectivity index (χ2n) is 8.39. The van der Waals surface area contributed by atoms with Gasteiger partial charge in [-0.1, -0.05) is 28.8 Å².